The second kappa shape index (κ2) is 6.90. The Morgan fingerprint density at radius 3 is 2.24 bits per heavy atom. The number of benzene rings is 2. The summed E-state index contributed by atoms with van der Waals surface area (Å²) < 4.78 is 0. The van der Waals surface area contributed by atoms with E-state index in [1.165, 1.54) is 0 Å². The van der Waals surface area contributed by atoms with E-state index in [9.17, 15) is 4.79 Å². The first kappa shape index (κ1) is 15.1. The first-order chi connectivity index (χ1) is 10.1. The van der Waals surface area contributed by atoms with Crippen molar-refractivity contribution in [3.63, 3.8) is 0 Å². The highest BCUT2D eigenvalue weighted by Gasteiger charge is 2.06. The molecule has 1 amide bonds. The zero-order valence-electron chi connectivity index (χ0n) is 11.6. The standard InChI is InChI=1S/C16H16ClN3O/c1-2-15(11-3-7-13(17)8-4-11)19-20-16(21)12-5-9-14(18)10-6-12/h3-10H,2,18H2,1H3,(H,20,21)/b19-15+. The Morgan fingerprint density at radius 1 is 1.10 bits per heavy atom. The molecule has 2 aromatic rings. The molecule has 0 aromatic heterocycles. The molecule has 3 N–H and O–H groups in total. The Kier molecular flexibility index (Phi) is 4.95. The largest absolute Gasteiger partial charge is 0.399 e. The number of carbonyl (C=O) groups excluding carboxylic acids is 1. The second-order valence-corrected chi connectivity index (χ2v) is 4.92. The van der Waals surface area contributed by atoms with Crippen molar-refractivity contribution >= 4 is 28.9 Å². The topological polar surface area (TPSA) is 67.5 Å². The average Bonchev–Trinajstić information content (AvgIpc) is 2.50. The van der Waals surface area contributed by atoms with E-state index >= 15 is 0 Å². The third kappa shape index (κ3) is 4.07. The van der Waals surface area contributed by atoms with Crippen molar-refractivity contribution in [3.8, 4) is 0 Å². The van der Waals surface area contributed by atoms with E-state index in [-0.39, 0.29) is 5.91 Å². The maximum Gasteiger partial charge on any atom is 0.271 e. The molecule has 0 fully saturated rings. The summed E-state index contributed by atoms with van der Waals surface area (Å²) in [6, 6.07) is 14.0. The Bertz CT molecular complexity index is 648. The normalized spacial score (nSPS) is 11.2. The van der Waals surface area contributed by atoms with Gasteiger partial charge in [-0.2, -0.15) is 5.10 Å². The lowest BCUT2D eigenvalue weighted by atomic mass is 10.1. The van der Waals surface area contributed by atoms with Crippen molar-refractivity contribution in [2.75, 3.05) is 5.73 Å². The quantitative estimate of drug-likeness (QED) is 0.516. The maximum absolute atomic E-state index is 12.0. The van der Waals surface area contributed by atoms with Gasteiger partial charge in [0.1, 0.15) is 0 Å². The second-order valence-electron chi connectivity index (χ2n) is 4.48. The molecule has 0 aliphatic rings. The first-order valence-electron chi connectivity index (χ1n) is 6.58. The van der Waals surface area contributed by atoms with Crippen LogP contribution in [0.5, 0.6) is 0 Å². The van der Waals surface area contributed by atoms with Gasteiger partial charge < -0.3 is 5.73 Å². The van der Waals surface area contributed by atoms with E-state index in [4.69, 9.17) is 17.3 Å². The molecule has 2 aromatic carbocycles. The fourth-order valence-electron chi connectivity index (χ4n) is 1.81. The molecule has 4 nitrogen and oxygen atoms in total. The maximum atomic E-state index is 12.0. The van der Waals surface area contributed by atoms with Gasteiger partial charge in [-0.05, 0) is 48.4 Å². The number of nitrogens with one attached hydrogen (secondary N) is 1. The Labute approximate surface area is 128 Å². The Hall–Kier alpha value is -2.33. The van der Waals surface area contributed by atoms with Crippen LogP contribution in [0.25, 0.3) is 0 Å². The van der Waals surface area contributed by atoms with E-state index in [0.29, 0.717) is 22.7 Å². The van der Waals surface area contributed by atoms with Crippen molar-refractivity contribution in [2.45, 2.75) is 13.3 Å². The summed E-state index contributed by atoms with van der Waals surface area (Å²) in [5, 5.41) is 4.85. The lowest BCUT2D eigenvalue weighted by molar-refractivity contribution is 0.0955. The third-order valence-electron chi connectivity index (χ3n) is 2.98. The van der Waals surface area contributed by atoms with Gasteiger partial charge in [0, 0.05) is 16.3 Å². The van der Waals surface area contributed by atoms with Gasteiger partial charge in [-0.1, -0.05) is 30.7 Å². The number of hydrogen-bond donors (Lipinski definition) is 2. The van der Waals surface area contributed by atoms with E-state index in [0.717, 1.165) is 11.3 Å². The van der Waals surface area contributed by atoms with Crippen LogP contribution in [0.4, 0.5) is 5.69 Å². The fraction of sp³-hybridized carbons (Fsp3) is 0.125. The van der Waals surface area contributed by atoms with Gasteiger partial charge in [0.25, 0.3) is 5.91 Å². The summed E-state index contributed by atoms with van der Waals surface area (Å²) in [6.07, 6.45) is 0.698. The molecule has 0 radical (unpaired) electrons. The summed E-state index contributed by atoms with van der Waals surface area (Å²) in [6.45, 7) is 1.98. The minimum Gasteiger partial charge on any atom is -0.399 e. The van der Waals surface area contributed by atoms with Crippen molar-refractivity contribution in [3.05, 3.63) is 64.7 Å². The summed E-state index contributed by atoms with van der Waals surface area (Å²) in [7, 11) is 0. The average molecular weight is 302 g/mol. The molecule has 0 unspecified atom stereocenters. The molecule has 21 heavy (non-hydrogen) atoms. The summed E-state index contributed by atoms with van der Waals surface area (Å²) >= 11 is 5.86. The number of rotatable bonds is 4. The van der Waals surface area contributed by atoms with Gasteiger partial charge in [0.15, 0.2) is 0 Å². The van der Waals surface area contributed by atoms with E-state index in [1.807, 2.05) is 19.1 Å². The highest BCUT2D eigenvalue weighted by Crippen LogP contribution is 2.11. The van der Waals surface area contributed by atoms with Crippen LogP contribution in [-0.2, 0) is 0 Å². The molecule has 0 atom stereocenters. The molecule has 0 bridgehead atoms. The predicted molar refractivity (Wildman–Crippen MR) is 86.6 cm³/mol. The van der Waals surface area contributed by atoms with Crippen LogP contribution in [0.1, 0.15) is 29.3 Å². The SMILES string of the molecule is CC/C(=N\NC(=O)c1ccc(N)cc1)c1ccc(Cl)cc1. The van der Waals surface area contributed by atoms with Crippen LogP contribution in [0.15, 0.2) is 53.6 Å². The van der Waals surface area contributed by atoms with Crippen LogP contribution in [0.3, 0.4) is 0 Å². The molecule has 5 heteroatoms. The van der Waals surface area contributed by atoms with Gasteiger partial charge in [-0.15, -0.1) is 0 Å². The van der Waals surface area contributed by atoms with Gasteiger partial charge >= 0.3 is 0 Å². The van der Waals surface area contributed by atoms with Crippen LogP contribution in [0.2, 0.25) is 5.02 Å². The number of hydrogen-bond acceptors (Lipinski definition) is 3. The number of halogens is 1. The molecule has 0 saturated heterocycles. The molecule has 108 valence electrons. The van der Waals surface area contributed by atoms with E-state index in [1.54, 1.807) is 36.4 Å². The van der Waals surface area contributed by atoms with Gasteiger partial charge in [-0.3, -0.25) is 4.79 Å². The molecule has 0 aliphatic carbocycles. The molecule has 0 aliphatic heterocycles. The summed E-state index contributed by atoms with van der Waals surface area (Å²) in [4.78, 5) is 12.0. The Morgan fingerprint density at radius 2 is 1.67 bits per heavy atom. The lowest BCUT2D eigenvalue weighted by Crippen LogP contribution is -2.20. The van der Waals surface area contributed by atoms with Crippen molar-refractivity contribution in [1.29, 1.82) is 0 Å². The number of hydrazone groups is 1. The fourth-order valence-corrected chi connectivity index (χ4v) is 1.93. The van der Waals surface area contributed by atoms with Crippen LogP contribution in [0, 0.1) is 0 Å². The van der Waals surface area contributed by atoms with Crippen LogP contribution < -0.4 is 11.2 Å². The number of nitrogens with two attached hydrogens (primary N) is 1. The number of carbonyl (C=O) groups is 1. The van der Waals surface area contributed by atoms with Crippen molar-refractivity contribution in [2.24, 2.45) is 5.10 Å². The van der Waals surface area contributed by atoms with Crippen LogP contribution >= 0.6 is 11.6 Å². The van der Waals surface area contributed by atoms with E-state index in [2.05, 4.69) is 10.5 Å². The highest BCUT2D eigenvalue weighted by atomic mass is 35.5. The minimum atomic E-state index is -0.269. The molecule has 0 heterocycles. The number of amides is 1. The zero-order chi connectivity index (χ0) is 15.2. The molecule has 0 spiro atoms. The van der Waals surface area contributed by atoms with E-state index < -0.39 is 0 Å². The smallest absolute Gasteiger partial charge is 0.271 e. The predicted octanol–water partition coefficient (Wildman–Crippen LogP) is 3.47. The lowest BCUT2D eigenvalue weighted by Gasteiger charge is -2.06. The number of nitrogens with zero attached hydrogens (tertiary/aromatic N) is 1. The number of anilines is 1. The van der Waals surface area contributed by atoms with Crippen LogP contribution in [-0.4, -0.2) is 11.6 Å². The molecular formula is C16H16ClN3O. The third-order valence-corrected chi connectivity index (χ3v) is 3.23. The summed E-state index contributed by atoms with van der Waals surface area (Å²) in [5.74, 6) is -0.269. The number of nitrogen functional groups attached to an aromatic ring is 1. The monoisotopic (exact) mass is 301 g/mol. The van der Waals surface area contributed by atoms with Gasteiger partial charge in [0.05, 0.1) is 5.71 Å². The van der Waals surface area contributed by atoms with Crippen molar-refractivity contribution < 1.29 is 4.79 Å². The highest BCUT2D eigenvalue weighted by molar-refractivity contribution is 6.30. The summed E-state index contributed by atoms with van der Waals surface area (Å²) in [5.41, 5.74) is 11.0. The van der Waals surface area contributed by atoms with Gasteiger partial charge in [-0.25, -0.2) is 5.43 Å². The van der Waals surface area contributed by atoms with Gasteiger partial charge in [0.2, 0.25) is 0 Å². The van der Waals surface area contributed by atoms with Crippen molar-refractivity contribution in [1.82, 2.24) is 5.43 Å². The minimum absolute atomic E-state index is 0.269. The molecule has 0 saturated carbocycles. The molecule has 2 rings (SSSR count). The zero-order valence-corrected chi connectivity index (χ0v) is 12.4. The Balaban J connectivity index is 2.12. The first-order valence-corrected chi connectivity index (χ1v) is 6.96. The molecular weight excluding hydrogens is 286 g/mol.